The van der Waals surface area contributed by atoms with Crippen LogP contribution < -0.4 is 10.6 Å². The van der Waals surface area contributed by atoms with Crippen LogP contribution in [0.25, 0.3) is 0 Å². The number of nitrogens with zero attached hydrogens (tertiary/aromatic N) is 1. The number of benzene rings is 1. The van der Waals surface area contributed by atoms with Gasteiger partial charge in [-0.2, -0.15) is 0 Å². The number of hydrogen-bond donors (Lipinski definition) is 2. The molecule has 0 radical (unpaired) electrons. The van der Waals surface area contributed by atoms with Crippen LogP contribution in [0.3, 0.4) is 0 Å². The summed E-state index contributed by atoms with van der Waals surface area (Å²) >= 11 is 0. The molecule has 1 aromatic rings. The summed E-state index contributed by atoms with van der Waals surface area (Å²) in [6.45, 7) is 2.97. The van der Waals surface area contributed by atoms with Crippen LogP contribution >= 0.6 is 0 Å². The fourth-order valence-corrected chi connectivity index (χ4v) is 2.37. The average molecular weight is 303 g/mol. The normalized spacial score (nSPS) is 14.3. The van der Waals surface area contributed by atoms with Crippen molar-refractivity contribution in [2.45, 2.75) is 32.6 Å². The fraction of sp³-hybridized carbons (Fsp3) is 0.438. The van der Waals surface area contributed by atoms with E-state index in [0.29, 0.717) is 11.4 Å². The third-order valence-electron chi connectivity index (χ3n) is 3.47. The number of hydrogen-bond acceptors (Lipinski definition) is 3. The molecule has 3 amide bonds. The Hall–Kier alpha value is -2.37. The molecular weight excluding hydrogens is 282 g/mol. The van der Waals surface area contributed by atoms with E-state index >= 15 is 0 Å². The molecule has 1 heterocycles. The first kappa shape index (κ1) is 16.0. The first-order valence-corrected chi connectivity index (χ1v) is 7.50. The first-order chi connectivity index (χ1) is 10.5. The van der Waals surface area contributed by atoms with Crippen molar-refractivity contribution in [3.05, 3.63) is 24.3 Å². The molecule has 0 spiro atoms. The predicted octanol–water partition coefficient (Wildman–Crippen LogP) is 2.62. The van der Waals surface area contributed by atoms with E-state index in [4.69, 9.17) is 0 Å². The van der Waals surface area contributed by atoms with Crippen LogP contribution in [-0.4, -0.2) is 35.7 Å². The Morgan fingerprint density at radius 1 is 0.955 bits per heavy atom. The van der Waals surface area contributed by atoms with Gasteiger partial charge in [-0.3, -0.25) is 9.59 Å². The highest BCUT2D eigenvalue weighted by Gasteiger charge is 2.16. The SMILES string of the molecule is CC(=O)CC(=O)Nc1ccc(NC(=O)N2CCCCC2)cc1. The van der Waals surface area contributed by atoms with E-state index in [9.17, 15) is 14.4 Å². The van der Waals surface area contributed by atoms with Gasteiger partial charge in [0.1, 0.15) is 5.78 Å². The smallest absolute Gasteiger partial charge is 0.321 e. The predicted molar refractivity (Wildman–Crippen MR) is 84.8 cm³/mol. The average Bonchev–Trinajstić information content (AvgIpc) is 2.49. The molecule has 1 aliphatic rings. The van der Waals surface area contributed by atoms with E-state index < -0.39 is 0 Å². The molecule has 1 aliphatic heterocycles. The number of urea groups is 1. The minimum atomic E-state index is -0.336. The number of amides is 3. The summed E-state index contributed by atoms with van der Waals surface area (Å²) in [7, 11) is 0. The molecule has 118 valence electrons. The minimum Gasteiger partial charge on any atom is -0.326 e. The first-order valence-electron chi connectivity index (χ1n) is 7.50. The Labute approximate surface area is 129 Å². The van der Waals surface area contributed by atoms with E-state index in [1.807, 2.05) is 4.90 Å². The van der Waals surface area contributed by atoms with Gasteiger partial charge >= 0.3 is 6.03 Å². The van der Waals surface area contributed by atoms with E-state index in [-0.39, 0.29) is 24.1 Å². The molecule has 1 aromatic carbocycles. The van der Waals surface area contributed by atoms with Crippen LogP contribution in [0.2, 0.25) is 0 Å². The van der Waals surface area contributed by atoms with E-state index in [0.717, 1.165) is 25.9 Å². The molecule has 22 heavy (non-hydrogen) atoms. The van der Waals surface area contributed by atoms with Crippen molar-refractivity contribution in [1.29, 1.82) is 0 Å². The van der Waals surface area contributed by atoms with Crippen molar-refractivity contribution in [3.8, 4) is 0 Å². The highest BCUT2D eigenvalue weighted by atomic mass is 16.2. The van der Waals surface area contributed by atoms with Crippen molar-refractivity contribution >= 4 is 29.1 Å². The van der Waals surface area contributed by atoms with Crippen LogP contribution in [0.1, 0.15) is 32.6 Å². The number of carbonyl (C=O) groups is 3. The Morgan fingerprint density at radius 2 is 1.50 bits per heavy atom. The van der Waals surface area contributed by atoms with E-state index in [1.54, 1.807) is 24.3 Å². The van der Waals surface area contributed by atoms with Gasteiger partial charge in [-0.05, 0) is 50.5 Å². The molecule has 2 N–H and O–H groups in total. The highest BCUT2D eigenvalue weighted by molar-refractivity contribution is 6.03. The Balaban J connectivity index is 1.87. The lowest BCUT2D eigenvalue weighted by Gasteiger charge is -2.26. The number of likely N-dealkylation sites (tertiary alicyclic amines) is 1. The largest absolute Gasteiger partial charge is 0.326 e. The maximum Gasteiger partial charge on any atom is 0.321 e. The van der Waals surface area contributed by atoms with E-state index in [2.05, 4.69) is 10.6 Å². The molecule has 2 rings (SSSR count). The maximum atomic E-state index is 12.1. The van der Waals surface area contributed by atoms with Gasteiger partial charge in [0, 0.05) is 24.5 Å². The van der Waals surface area contributed by atoms with Crippen LogP contribution in [0.15, 0.2) is 24.3 Å². The zero-order chi connectivity index (χ0) is 15.9. The molecule has 0 saturated carbocycles. The molecule has 0 aliphatic carbocycles. The Morgan fingerprint density at radius 3 is 2.05 bits per heavy atom. The van der Waals surface area contributed by atoms with Gasteiger partial charge in [0.15, 0.2) is 0 Å². The topological polar surface area (TPSA) is 78.5 Å². The van der Waals surface area contributed by atoms with E-state index in [1.165, 1.54) is 13.3 Å². The van der Waals surface area contributed by atoms with Gasteiger partial charge in [-0.1, -0.05) is 0 Å². The van der Waals surface area contributed by atoms with Gasteiger partial charge in [-0.15, -0.1) is 0 Å². The Kier molecular flexibility index (Phi) is 5.52. The summed E-state index contributed by atoms with van der Waals surface area (Å²) in [6, 6.07) is 6.76. The zero-order valence-electron chi connectivity index (χ0n) is 12.7. The van der Waals surface area contributed by atoms with Gasteiger partial charge in [0.2, 0.25) is 5.91 Å². The monoisotopic (exact) mass is 303 g/mol. The molecular formula is C16H21N3O3. The number of carbonyl (C=O) groups excluding carboxylic acids is 3. The summed E-state index contributed by atoms with van der Waals surface area (Å²) in [4.78, 5) is 36.2. The highest BCUT2D eigenvalue weighted by Crippen LogP contribution is 2.16. The molecule has 6 nitrogen and oxygen atoms in total. The number of ketones is 1. The van der Waals surface area contributed by atoms with Crippen molar-refractivity contribution in [2.75, 3.05) is 23.7 Å². The summed E-state index contributed by atoms with van der Waals surface area (Å²) < 4.78 is 0. The summed E-state index contributed by atoms with van der Waals surface area (Å²) in [5.74, 6) is -0.513. The van der Waals surface area contributed by atoms with Gasteiger partial charge in [0.25, 0.3) is 0 Å². The molecule has 0 atom stereocenters. The number of nitrogens with one attached hydrogen (secondary N) is 2. The van der Waals surface area contributed by atoms with Crippen LogP contribution in [0.5, 0.6) is 0 Å². The van der Waals surface area contributed by atoms with Crippen LogP contribution in [0, 0.1) is 0 Å². The molecule has 0 unspecified atom stereocenters. The lowest BCUT2D eigenvalue weighted by Crippen LogP contribution is -2.38. The second-order valence-electron chi connectivity index (χ2n) is 5.48. The molecule has 1 fully saturated rings. The summed E-state index contributed by atoms with van der Waals surface area (Å²) in [6.07, 6.45) is 3.15. The molecule has 1 saturated heterocycles. The summed E-state index contributed by atoms with van der Waals surface area (Å²) in [5, 5.41) is 5.48. The molecule has 6 heteroatoms. The Bertz CT molecular complexity index is 548. The lowest BCUT2D eigenvalue weighted by molar-refractivity contribution is -0.124. The minimum absolute atomic E-state index is 0.0898. The fourth-order valence-electron chi connectivity index (χ4n) is 2.37. The van der Waals surface area contributed by atoms with Crippen molar-refractivity contribution in [3.63, 3.8) is 0 Å². The standard InChI is InChI=1S/C16H21N3O3/c1-12(20)11-15(21)17-13-5-7-14(8-6-13)18-16(22)19-9-3-2-4-10-19/h5-8H,2-4,9-11H2,1H3,(H,17,21)(H,18,22). The number of anilines is 2. The lowest BCUT2D eigenvalue weighted by atomic mass is 10.1. The van der Waals surface area contributed by atoms with Crippen molar-refractivity contribution in [1.82, 2.24) is 4.90 Å². The van der Waals surface area contributed by atoms with Gasteiger partial charge < -0.3 is 15.5 Å². The third kappa shape index (κ3) is 4.87. The number of rotatable bonds is 4. The second-order valence-corrected chi connectivity index (χ2v) is 5.48. The number of piperidine rings is 1. The molecule has 0 bridgehead atoms. The zero-order valence-corrected chi connectivity index (χ0v) is 12.7. The van der Waals surface area contributed by atoms with Crippen LogP contribution in [0.4, 0.5) is 16.2 Å². The van der Waals surface area contributed by atoms with Gasteiger partial charge in [0.05, 0.1) is 6.42 Å². The molecule has 0 aromatic heterocycles. The maximum absolute atomic E-state index is 12.1. The number of Topliss-reactive ketones (excluding diaryl/α,β-unsaturated/α-hetero) is 1. The summed E-state index contributed by atoms with van der Waals surface area (Å²) in [5.41, 5.74) is 1.28. The van der Waals surface area contributed by atoms with Crippen molar-refractivity contribution < 1.29 is 14.4 Å². The quantitative estimate of drug-likeness (QED) is 0.839. The van der Waals surface area contributed by atoms with Crippen molar-refractivity contribution in [2.24, 2.45) is 0 Å². The van der Waals surface area contributed by atoms with Gasteiger partial charge in [-0.25, -0.2) is 4.79 Å². The third-order valence-corrected chi connectivity index (χ3v) is 3.47. The van der Waals surface area contributed by atoms with Crippen LogP contribution in [-0.2, 0) is 9.59 Å². The second kappa shape index (κ2) is 7.59.